The van der Waals surface area contributed by atoms with Crippen LogP contribution in [0.15, 0.2) is 54.7 Å². The van der Waals surface area contributed by atoms with E-state index in [0.29, 0.717) is 0 Å². The van der Waals surface area contributed by atoms with Crippen LogP contribution < -0.4 is 5.73 Å². The number of nitrogens with zero attached hydrogens (tertiary/aromatic N) is 1. The zero-order valence-corrected chi connectivity index (χ0v) is 9.41. The van der Waals surface area contributed by atoms with Crippen LogP contribution in [0.5, 0.6) is 0 Å². The van der Waals surface area contributed by atoms with Gasteiger partial charge in [-0.2, -0.15) is 0 Å². The molecular formula is C14H14N2O. The molecule has 1 unspecified atom stereocenters. The summed E-state index contributed by atoms with van der Waals surface area (Å²) in [6.45, 7) is 0. The third-order valence-electron chi connectivity index (χ3n) is 2.65. The highest BCUT2D eigenvalue weighted by Gasteiger charge is 2.17. The van der Waals surface area contributed by atoms with E-state index in [0.717, 1.165) is 11.3 Å². The second-order valence-corrected chi connectivity index (χ2v) is 3.89. The monoisotopic (exact) mass is 226 g/mol. The van der Waals surface area contributed by atoms with Crippen molar-refractivity contribution >= 4 is 5.91 Å². The number of pyridine rings is 1. The smallest absolute Gasteiger partial charge is 0.218 e. The van der Waals surface area contributed by atoms with Crippen LogP contribution in [0.25, 0.3) is 0 Å². The van der Waals surface area contributed by atoms with Gasteiger partial charge in [0.05, 0.1) is 0 Å². The van der Waals surface area contributed by atoms with Crippen LogP contribution in [-0.4, -0.2) is 10.9 Å². The maximum atomic E-state index is 11.2. The van der Waals surface area contributed by atoms with Crippen LogP contribution in [0.3, 0.4) is 0 Å². The highest BCUT2D eigenvalue weighted by molar-refractivity contribution is 5.75. The number of hydrogen-bond donors (Lipinski definition) is 1. The maximum absolute atomic E-state index is 11.2. The van der Waals surface area contributed by atoms with E-state index < -0.39 is 0 Å². The molecule has 1 aromatic carbocycles. The molecule has 1 heterocycles. The molecule has 1 aromatic heterocycles. The van der Waals surface area contributed by atoms with Crippen molar-refractivity contribution in [2.75, 3.05) is 0 Å². The minimum atomic E-state index is -0.315. The van der Waals surface area contributed by atoms with Gasteiger partial charge in [0.25, 0.3) is 0 Å². The molecule has 2 N–H and O–H groups in total. The first-order valence-corrected chi connectivity index (χ1v) is 5.51. The van der Waals surface area contributed by atoms with Crippen LogP contribution in [0.4, 0.5) is 0 Å². The summed E-state index contributed by atoms with van der Waals surface area (Å²) >= 11 is 0. The van der Waals surface area contributed by atoms with E-state index in [1.54, 1.807) is 6.20 Å². The molecule has 3 heteroatoms. The number of hydrogen-bond acceptors (Lipinski definition) is 2. The van der Waals surface area contributed by atoms with Crippen LogP contribution in [-0.2, 0) is 4.79 Å². The first-order valence-electron chi connectivity index (χ1n) is 5.51. The molecule has 3 nitrogen and oxygen atoms in total. The van der Waals surface area contributed by atoms with Crippen molar-refractivity contribution in [1.82, 2.24) is 4.98 Å². The van der Waals surface area contributed by atoms with Crippen molar-refractivity contribution in [2.45, 2.75) is 12.3 Å². The summed E-state index contributed by atoms with van der Waals surface area (Å²) in [5.41, 5.74) is 7.23. The predicted molar refractivity (Wildman–Crippen MR) is 66.3 cm³/mol. The lowest BCUT2D eigenvalue weighted by Crippen LogP contribution is -2.16. The Morgan fingerprint density at radius 2 is 1.82 bits per heavy atom. The Kier molecular flexibility index (Phi) is 3.50. The summed E-state index contributed by atoms with van der Waals surface area (Å²) in [5, 5.41) is 0. The van der Waals surface area contributed by atoms with Crippen LogP contribution in [0, 0.1) is 0 Å². The van der Waals surface area contributed by atoms with Gasteiger partial charge in [0.1, 0.15) is 0 Å². The van der Waals surface area contributed by atoms with Gasteiger partial charge in [0.2, 0.25) is 5.91 Å². The van der Waals surface area contributed by atoms with Gasteiger partial charge in [-0.05, 0) is 17.7 Å². The summed E-state index contributed by atoms with van der Waals surface area (Å²) in [5.74, 6) is -0.376. The summed E-state index contributed by atoms with van der Waals surface area (Å²) < 4.78 is 0. The third-order valence-corrected chi connectivity index (χ3v) is 2.65. The Balaban J connectivity index is 2.36. The normalized spacial score (nSPS) is 12.0. The number of rotatable bonds is 4. The minimum absolute atomic E-state index is 0.0603. The van der Waals surface area contributed by atoms with Gasteiger partial charge >= 0.3 is 0 Å². The summed E-state index contributed by atoms with van der Waals surface area (Å²) in [6, 6.07) is 15.5. The Morgan fingerprint density at radius 1 is 1.12 bits per heavy atom. The van der Waals surface area contributed by atoms with Crippen LogP contribution in [0.1, 0.15) is 23.6 Å². The van der Waals surface area contributed by atoms with Gasteiger partial charge < -0.3 is 5.73 Å². The Bertz CT molecular complexity index is 443. The zero-order valence-electron chi connectivity index (χ0n) is 9.41. The standard InChI is InChI=1S/C14H14N2O/c15-14(17)10-12(11-6-2-1-3-7-11)13-8-4-5-9-16-13/h1-9,12H,10H2,(H2,15,17). The maximum Gasteiger partial charge on any atom is 0.218 e. The van der Waals surface area contributed by atoms with E-state index in [4.69, 9.17) is 5.73 Å². The van der Waals surface area contributed by atoms with Crippen LogP contribution >= 0.6 is 0 Å². The van der Waals surface area contributed by atoms with Crippen molar-refractivity contribution in [3.05, 3.63) is 66.0 Å². The first kappa shape index (κ1) is 11.3. The molecule has 0 aliphatic carbocycles. The molecule has 2 aromatic rings. The molecule has 1 atom stereocenters. The molecule has 0 aliphatic heterocycles. The van der Waals surface area contributed by atoms with E-state index in [2.05, 4.69) is 4.98 Å². The average molecular weight is 226 g/mol. The molecule has 0 fully saturated rings. The SMILES string of the molecule is NC(=O)CC(c1ccccc1)c1ccccn1. The van der Waals surface area contributed by atoms with Crippen molar-refractivity contribution in [3.8, 4) is 0 Å². The molecule has 1 amide bonds. The van der Waals surface area contributed by atoms with Crippen molar-refractivity contribution in [3.63, 3.8) is 0 Å². The Hall–Kier alpha value is -2.16. The topological polar surface area (TPSA) is 56.0 Å². The van der Waals surface area contributed by atoms with Gasteiger partial charge in [-0.1, -0.05) is 36.4 Å². The number of nitrogens with two attached hydrogens (primary N) is 1. The number of carbonyl (C=O) groups is 1. The lowest BCUT2D eigenvalue weighted by molar-refractivity contribution is -0.118. The molecule has 17 heavy (non-hydrogen) atoms. The molecule has 0 saturated carbocycles. The molecule has 2 rings (SSSR count). The number of amides is 1. The highest BCUT2D eigenvalue weighted by atomic mass is 16.1. The molecule has 0 bridgehead atoms. The average Bonchev–Trinajstić information content (AvgIpc) is 2.38. The molecule has 0 radical (unpaired) electrons. The lowest BCUT2D eigenvalue weighted by atomic mass is 9.92. The quantitative estimate of drug-likeness (QED) is 0.867. The molecule has 0 spiro atoms. The molecule has 86 valence electrons. The lowest BCUT2D eigenvalue weighted by Gasteiger charge is -2.14. The fourth-order valence-electron chi connectivity index (χ4n) is 1.86. The summed E-state index contributed by atoms with van der Waals surface area (Å²) in [4.78, 5) is 15.5. The summed E-state index contributed by atoms with van der Waals surface area (Å²) in [7, 11) is 0. The molecular weight excluding hydrogens is 212 g/mol. The van der Waals surface area contributed by atoms with Gasteiger partial charge in [-0.3, -0.25) is 9.78 Å². The number of benzene rings is 1. The Morgan fingerprint density at radius 3 is 2.41 bits per heavy atom. The van der Waals surface area contributed by atoms with Crippen molar-refractivity contribution < 1.29 is 4.79 Å². The van der Waals surface area contributed by atoms with E-state index in [-0.39, 0.29) is 18.2 Å². The first-order chi connectivity index (χ1) is 8.27. The van der Waals surface area contributed by atoms with Gasteiger partial charge in [-0.15, -0.1) is 0 Å². The Labute approximate surface area is 100 Å². The third kappa shape index (κ3) is 2.91. The number of primary amides is 1. The second-order valence-electron chi connectivity index (χ2n) is 3.89. The highest BCUT2D eigenvalue weighted by Crippen LogP contribution is 2.25. The predicted octanol–water partition coefficient (Wildman–Crippen LogP) is 2.09. The largest absolute Gasteiger partial charge is 0.370 e. The minimum Gasteiger partial charge on any atom is -0.370 e. The van der Waals surface area contributed by atoms with Crippen molar-refractivity contribution in [1.29, 1.82) is 0 Å². The fraction of sp³-hybridized carbons (Fsp3) is 0.143. The summed E-state index contributed by atoms with van der Waals surface area (Å²) in [6.07, 6.45) is 2.01. The van der Waals surface area contributed by atoms with E-state index in [1.807, 2.05) is 48.5 Å². The van der Waals surface area contributed by atoms with Crippen LogP contribution in [0.2, 0.25) is 0 Å². The molecule has 0 saturated heterocycles. The van der Waals surface area contributed by atoms with E-state index in [9.17, 15) is 4.79 Å². The second kappa shape index (κ2) is 5.25. The van der Waals surface area contributed by atoms with E-state index in [1.165, 1.54) is 0 Å². The van der Waals surface area contributed by atoms with Gasteiger partial charge in [-0.25, -0.2) is 0 Å². The molecule has 0 aliphatic rings. The van der Waals surface area contributed by atoms with Gasteiger partial charge in [0, 0.05) is 24.2 Å². The van der Waals surface area contributed by atoms with Gasteiger partial charge in [0.15, 0.2) is 0 Å². The number of aromatic nitrogens is 1. The number of carbonyl (C=O) groups excluding carboxylic acids is 1. The fourth-order valence-corrected chi connectivity index (χ4v) is 1.86. The van der Waals surface area contributed by atoms with Crippen molar-refractivity contribution in [2.24, 2.45) is 5.73 Å². The zero-order chi connectivity index (χ0) is 12.1. The van der Waals surface area contributed by atoms with E-state index >= 15 is 0 Å².